The maximum atomic E-state index is 12.5. The van der Waals surface area contributed by atoms with Gasteiger partial charge in [-0.1, -0.05) is 36.2 Å². The van der Waals surface area contributed by atoms with Gasteiger partial charge in [0, 0.05) is 11.6 Å². The van der Waals surface area contributed by atoms with Gasteiger partial charge in [-0.2, -0.15) is 9.78 Å². The van der Waals surface area contributed by atoms with Crippen molar-refractivity contribution in [3.63, 3.8) is 0 Å². The Morgan fingerprint density at radius 2 is 2.28 bits per heavy atom. The average Bonchev–Trinajstić information content (AvgIpc) is 3.29. The van der Waals surface area contributed by atoms with Crippen LogP contribution < -0.4 is 11.2 Å². The van der Waals surface area contributed by atoms with Crippen molar-refractivity contribution < 1.29 is 14.3 Å². The summed E-state index contributed by atoms with van der Waals surface area (Å²) in [7, 11) is 0. The molecule has 150 valence electrons. The summed E-state index contributed by atoms with van der Waals surface area (Å²) in [5.41, 5.74) is 8.55. The molecule has 0 fully saturated rings. The number of nitro benzene ring substituents is 1. The van der Waals surface area contributed by atoms with Crippen molar-refractivity contribution in [1.82, 2.24) is 30.7 Å². The Hall–Kier alpha value is -3.87. The van der Waals surface area contributed by atoms with Gasteiger partial charge in [-0.15, -0.1) is 5.10 Å². The summed E-state index contributed by atoms with van der Waals surface area (Å²) in [5, 5.41) is 29.6. The molecule has 3 N–H and O–H groups in total. The third-order valence-electron chi connectivity index (χ3n) is 3.71. The molecule has 0 spiro atoms. The van der Waals surface area contributed by atoms with Crippen molar-refractivity contribution in [2.75, 3.05) is 5.73 Å². The van der Waals surface area contributed by atoms with Crippen LogP contribution in [0.5, 0.6) is 0 Å². The number of carbonyl (C=O) groups excluding carboxylic acids is 1. The second kappa shape index (κ2) is 8.43. The Morgan fingerprint density at radius 1 is 1.48 bits per heavy atom. The molecule has 29 heavy (non-hydrogen) atoms. The minimum Gasteiger partial charge on any atom is -0.378 e. The second-order valence-corrected chi connectivity index (χ2v) is 6.09. The number of rotatable bonds is 7. The molecule has 0 saturated heterocycles. The molecule has 2 aromatic heterocycles. The van der Waals surface area contributed by atoms with E-state index in [1.807, 2.05) is 6.92 Å². The van der Waals surface area contributed by atoms with E-state index >= 15 is 0 Å². The molecule has 0 saturated carbocycles. The van der Waals surface area contributed by atoms with Crippen molar-refractivity contribution in [3.8, 4) is 5.82 Å². The maximum Gasteiger partial charge on any atom is 0.293 e. The Bertz CT molecular complexity index is 1090. The van der Waals surface area contributed by atoms with Gasteiger partial charge in [0.25, 0.3) is 11.6 Å². The number of amides is 1. The summed E-state index contributed by atoms with van der Waals surface area (Å²) in [5.74, 6) is -0.507. The van der Waals surface area contributed by atoms with E-state index in [1.165, 1.54) is 29.1 Å². The highest BCUT2D eigenvalue weighted by Crippen LogP contribution is 2.24. The first-order valence-electron chi connectivity index (χ1n) is 8.22. The summed E-state index contributed by atoms with van der Waals surface area (Å²) in [6.45, 7) is 1.91. The number of halogens is 1. The van der Waals surface area contributed by atoms with E-state index in [-0.39, 0.29) is 28.0 Å². The number of nitrogen functional groups attached to an aromatic ring is 1. The normalized spacial score (nSPS) is 11.1. The highest BCUT2D eigenvalue weighted by atomic mass is 35.5. The van der Waals surface area contributed by atoms with Gasteiger partial charge in [0.1, 0.15) is 5.02 Å². The summed E-state index contributed by atoms with van der Waals surface area (Å²) in [6, 6.07) is 4.12. The zero-order valence-corrected chi connectivity index (χ0v) is 15.7. The largest absolute Gasteiger partial charge is 0.378 e. The smallest absolute Gasteiger partial charge is 0.293 e. The molecule has 0 aliphatic rings. The van der Waals surface area contributed by atoms with Crippen LogP contribution in [0.4, 0.5) is 11.5 Å². The zero-order valence-electron chi connectivity index (χ0n) is 14.9. The van der Waals surface area contributed by atoms with Gasteiger partial charge in [0.2, 0.25) is 11.6 Å². The molecule has 3 rings (SSSR count). The summed E-state index contributed by atoms with van der Waals surface area (Å²) >= 11 is 5.76. The summed E-state index contributed by atoms with van der Waals surface area (Å²) in [4.78, 5) is 22.8. The van der Waals surface area contributed by atoms with Crippen molar-refractivity contribution in [3.05, 3.63) is 50.3 Å². The van der Waals surface area contributed by atoms with Crippen LogP contribution in [0.1, 0.15) is 35.1 Å². The molecule has 0 atom stereocenters. The van der Waals surface area contributed by atoms with E-state index < -0.39 is 10.8 Å². The van der Waals surface area contributed by atoms with Crippen LogP contribution in [0, 0.1) is 10.1 Å². The van der Waals surface area contributed by atoms with Crippen LogP contribution in [0.3, 0.4) is 0 Å². The number of benzene rings is 1. The van der Waals surface area contributed by atoms with Crippen LogP contribution in [-0.2, 0) is 6.42 Å². The van der Waals surface area contributed by atoms with Crippen LogP contribution >= 0.6 is 11.6 Å². The number of carbonyl (C=O) groups is 1. The van der Waals surface area contributed by atoms with Crippen LogP contribution in [0.25, 0.3) is 5.82 Å². The average molecular weight is 420 g/mol. The van der Waals surface area contributed by atoms with Crippen molar-refractivity contribution in [2.45, 2.75) is 19.8 Å². The van der Waals surface area contributed by atoms with Gasteiger partial charge in [0.05, 0.1) is 16.8 Å². The molecular formula is C15H14ClN9O4. The molecule has 1 amide bonds. The lowest BCUT2D eigenvalue weighted by Crippen LogP contribution is -2.20. The predicted molar refractivity (Wildman–Crippen MR) is 101 cm³/mol. The molecule has 1 aromatic carbocycles. The molecule has 0 aliphatic heterocycles. The fraction of sp³-hybridized carbons (Fsp3) is 0.200. The lowest BCUT2D eigenvalue weighted by atomic mass is 10.2. The van der Waals surface area contributed by atoms with Crippen molar-refractivity contribution in [1.29, 1.82) is 0 Å². The number of hydrazone groups is 1. The predicted octanol–water partition coefficient (Wildman–Crippen LogP) is 1.51. The van der Waals surface area contributed by atoms with E-state index in [2.05, 4.69) is 35.8 Å². The van der Waals surface area contributed by atoms with Gasteiger partial charge in [-0.05, 0) is 22.8 Å². The molecule has 0 aliphatic carbocycles. The van der Waals surface area contributed by atoms with E-state index in [9.17, 15) is 14.9 Å². The Kier molecular flexibility index (Phi) is 5.78. The number of nitrogens with one attached hydrogen (secondary N) is 1. The first-order valence-corrected chi connectivity index (χ1v) is 8.60. The standard InChI is InChI=1S/C15H14ClN9O4/c1-2-3-10-12(19-23-24(10)14-13(17)21-29-22-14)15(26)20-18-7-8-4-5-9(16)11(6-8)25(27)28/h4-7H,2-3H2,1H3,(H2,17,21)(H,20,26)/b18-7+. The fourth-order valence-corrected chi connectivity index (χ4v) is 2.60. The van der Waals surface area contributed by atoms with Gasteiger partial charge in [-0.3, -0.25) is 14.9 Å². The zero-order chi connectivity index (χ0) is 21.0. The van der Waals surface area contributed by atoms with Gasteiger partial charge < -0.3 is 5.73 Å². The van der Waals surface area contributed by atoms with Crippen LogP contribution in [0.2, 0.25) is 5.02 Å². The molecule has 0 bridgehead atoms. The van der Waals surface area contributed by atoms with E-state index in [1.54, 1.807) is 0 Å². The third-order valence-corrected chi connectivity index (χ3v) is 4.03. The summed E-state index contributed by atoms with van der Waals surface area (Å²) < 4.78 is 5.83. The lowest BCUT2D eigenvalue weighted by Gasteiger charge is -2.03. The minimum atomic E-state index is -0.630. The highest BCUT2D eigenvalue weighted by Gasteiger charge is 2.23. The Balaban J connectivity index is 1.80. The first-order chi connectivity index (χ1) is 13.9. The van der Waals surface area contributed by atoms with Crippen LogP contribution in [-0.4, -0.2) is 42.4 Å². The van der Waals surface area contributed by atoms with E-state index in [0.717, 1.165) is 0 Å². The quantitative estimate of drug-likeness (QED) is 0.325. The van der Waals surface area contributed by atoms with Gasteiger partial charge >= 0.3 is 0 Å². The molecule has 2 heterocycles. The Morgan fingerprint density at radius 3 is 2.93 bits per heavy atom. The maximum absolute atomic E-state index is 12.5. The van der Waals surface area contributed by atoms with E-state index in [4.69, 9.17) is 17.3 Å². The number of aromatic nitrogens is 5. The Labute approximate surface area is 167 Å². The molecule has 13 nitrogen and oxygen atoms in total. The first kappa shape index (κ1) is 19.9. The van der Waals surface area contributed by atoms with Gasteiger partial charge in [-0.25, -0.2) is 10.1 Å². The number of nitrogens with two attached hydrogens (primary N) is 1. The van der Waals surface area contributed by atoms with Crippen LogP contribution in [0.15, 0.2) is 27.9 Å². The molecule has 0 unspecified atom stereocenters. The number of nitro groups is 1. The van der Waals surface area contributed by atoms with Gasteiger partial charge in [0.15, 0.2) is 5.69 Å². The molecule has 0 radical (unpaired) electrons. The fourth-order valence-electron chi connectivity index (χ4n) is 2.42. The SMILES string of the molecule is CCCc1c(C(=O)N/N=C/c2ccc(Cl)c([N+](=O)[O-])c2)nnn1-c1nonc1N. The van der Waals surface area contributed by atoms with Crippen molar-refractivity contribution in [2.24, 2.45) is 5.10 Å². The van der Waals surface area contributed by atoms with Crippen molar-refractivity contribution >= 4 is 35.2 Å². The number of anilines is 1. The highest BCUT2D eigenvalue weighted by molar-refractivity contribution is 6.32. The summed E-state index contributed by atoms with van der Waals surface area (Å²) in [6.07, 6.45) is 2.39. The van der Waals surface area contributed by atoms with E-state index in [0.29, 0.717) is 24.1 Å². The number of hydrogen-bond donors (Lipinski definition) is 2. The molecule has 14 heteroatoms. The number of nitrogens with zero attached hydrogens (tertiary/aromatic N) is 7. The number of hydrogen-bond acceptors (Lipinski definition) is 10. The molecule has 3 aromatic rings. The monoisotopic (exact) mass is 419 g/mol. The molecular weight excluding hydrogens is 406 g/mol. The third kappa shape index (κ3) is 4.19. The topological polar surface area (TPSA) is 180 Å². The lowest BCUT2D eigenvalue weighted by molar-refractivity contribution is -0.384. The second-order valence-electron chi connectivity index (χ2n) is 5.69. The minimum absolute atomic E-state index is 0.00127.